The molecule has 1 aromatic heterocycles. The smallest absolute Gasteiger partial charge is 0.322 e. The highest BCUT2D eigenvalue weighted by Gasteiger charge is 2.28. The van der Waals surface area contributed by atoms with Gasteiger partial charge in [-0.05, 0) is 31.7 Å². The first-order chi connectivity index (χ1) is 8.19. The lowest BCUT2D eigenvalue weighted by Gasteiger charge is -2.15. The number of nitrogens with one attached hydrogen (secondary N) is 1. The van der Waals surface area contributed by atoms with Gasteiger partial charge in [0, 0.05) is 18.8 Å². The SMILES string of the molecule is COC(=O)C(CCn1cc(C)cn1)NC1CC1. The number of aromatic nitrogens is 2. The molecule has 0 aliphatic heterocycles. The van der Waals surface area contributed by atoms with Crippen LogP contribution in [0.3, 0.4) is 0 Å². The molecule has 1 aliphatic rings. The van der Waals surface area contributed by atoms with Crippen LogP contribution in [0.4, 0.5) is 0 Å². The lowest BCUT2D eigenvalue weighted by molar-refractivity contribution is -0.143. The van der Waals surface area contributed by atoms with Gasteiger partial charge in [0.25, 0.3) is 0 Å². The van der Waals surface area contributed by atoms with Crippen LogP contribution in [0.5, 0.6) is 0 Å². The van der Waals surface area contributed by atoms with Crippen LogP contribution in [0.25, 0.3) is 0 Å². The maximum absolute atomic E-state index is 11.6. The third-order valence-electron chi connectivity index (χ3n) is 2.91. The van der Waals surface area contributed by atoms with Crippen LogP contribution in [0.15, 0.2) is 12.4 Å². The molecule has 0 radical (unpaired) electrons. The monoisotopic (exact) mass is 237 g/mol. The van der Waals surface area contributed by atoms with E-state index in [-0.39, 0.29) is 12.0 Å². The summed E-state index contributed by atoms with van der Waals surface area (Å²) in [7, 11) is 1.43. The fraction of sp³-hybridized carbons (Fsp3) is 0.667. The van der Waals surface area contributed by atoms with E-state index < -0.39 is 0 Å². The van der Waals surface area contributed by atoms with Crippen molar-refractivity contribution in [2.45, 2.75) is 44.8 Å². The molecule has 0 spiro atoms. The van der Waals surface area contributed by atoms with Gasteiger partial charge < -0.3 is 10.1 Å². The number of aryl methyl sites for hydroxylation is 2. The predicted molar refractivity (Wildman–Crippen MR) is 63.5 cm³/mol. The first-order valence-corrected chi connectivity index (χ1v) is 6.02. The lowest BCUT2D eigenvalue weighted by atomic mass is 10.2. The fourth-order valence-electron chi connectivity index (χ4n) is 1.80. The summed E-state index contributed by atoms with van der Waals surface area (Å²) in [4.78, 5) is 11.6. The minimum Gasteiger partial charge on any atom is -0.468 e. The van der Waals surface area contributed by atoms with Gasteiger partial charge in [-0.2, -0.15) is 5.10 Å². The summed E-state index contributed by atoms with van der Waals surface area (Å²) in [6.07, 6.45) is 6.83. The summed E-state index contributed by atoms with van der Waals surface area (Å²) in [5.74, 6) is -0.180. The van der Waals surface area contributed by atoms with E-state index >= 15 is 0 Å². The van der Waals surface area contributed by atoms with Crippen molar-refractivity contribution in [1.29, 1.82) is 0 Å². The summed E-state index contributed by atoms with van der Waals surface area (Å²) in [6.45, 7) is 2.73. The Morgan fingerprint density at radius 2 is 2.47 bits per heavy atom. The molecule has 1 aliphatic carbocycles. The van der Waals surface area contributed by atoms with Gasteiger partial charge >= 0.3 is 5.97 Å². The number of carbonyl (C=O) groups is 1. The molecule has 94 valence electrons. The zero-order valence-electron chi connectivity index (χ0n) is 10.3. The van der Waals surface area contributed by atoms with E-state index in [0.717, 1.165) is 24.9 Å². The summed E-state index contributed by atoms with van der Waals surface area (Å²) in [5, 5.41) is 7.51. The third kappa shape index (κ3) is 3.56. The van der Waals surface area contributed by atoms with Gasteiger partial charge in [-0.25, -0.2) is 0 Å². The van der Waals surface area contributed by atoms with Crippen molar-refractivity contribution in [2.75, 3.05) is 7.11 Å². The van der Waals surface area contributed by atoms with Crippen molar-refractivity contribution in [1.82, 2.24) is 15.1 Å². The Morgan fingerprint density at radius 3 is 3.00 bits per heavy atom. The van der Waals surface area contributed by atoms with Crippen LogP contribution in [-0.2, 0) is 16.1 Å². The minimum absolute atomic E-state index is 0.180. The summed E-state index contributed by atoms with van der Waals surface area (Å²) in [6, 6.07) is 0.287. The van der Waals surface area contributed by atoms with E-state index in [4.69, 9.17) is 4.74 Å². The molecule has 0 aromatic carbocycles. The average molecular weight is 237 g/mol. The Kier molecular flexibility index (Phi) is 3.78. The Hall–Kier alpha value is -1.36. The first kappa shape index (κ1) is 12.1. The molecule has 1 aromatic rings. The van der Waals surface area contributed by atoms with Crippen LogP contribution >= 0.6 is 0 Å². The normalized spacial score (nSPS) is 16.8. The van der Waals surface area contributed by atoms with Crippen LogP contribution in [0.2, 0.25) is 0 Å². The second kappa shape index (κ2) is 5.31. The lowest BCUT2D eigenvalue weighted by Crippen LogP contribution is -2.39. The number of ether oxygens (including phenoxy) is 1. The molecule has 5 heteroatoms. The molecule has 0 amide bonds. The van der Waals surface area contributed by atoms with E-state index in [1.165, 1.54) is 7.11 Å². The van der Waals surface area contributed by atoms with Gasteiger partial charge in [0.2, 0.25) is 0 Å². The average Bonchev–Trinajstić information content (AvgIpc) is 3.05. The quantitative estimate of drug-likeness (QED) is 0.746. The van der Waals surface area contributed by atoms with Crippen molar-refractivity contribution in [3.8, 4) is 0 Å². The topological polar surface area (TPSA) is 56.2 Å². The number of methoxy groups -OCH3 is 1. The molecular weight excluding hydrogens is 218 g/mol. The van der Waals surface area contributed by atoms with E-state index in [0.29, 0.717) is 12.5 Å². The van der Waals surface area contributed by atoms with Crippen LogP contribution in [0, 0.1) is 6.92 Å². The van der Waals surface area contributed by atoms with Gasteiger partial charge in [0.1, 0.15) is 6.04 Å². The molecule has 1 unspecified atom stereocenters. The van der Waals surface area contributed by atoms with E-state index in [2.05, 4.69) is 10.4 Å². The molecule has 5 nitrogen and oxygen atoms in total. The number of esters is 1. The molecular formula is C12H19N3O2. The molecule has 1 saturated carbocycles. The highest BCUT2D eigenvalue weighted by Crippen LogP contribution is 2.20. The van der Waals surface area contributed by atoms with Crippen molar-refractivity contribution < 1.29 is 9.53 Å². The van der Waals surface area contributed by atoms with Crippen LogP contribution in [-0.4, -0.2) is 34.9 Å². The van der Waals surface area contributed by atoms with E-state index in [9.17, 15) is 4.79 Å². The molecule has 17 heavy (non-hydrogen) atoms. The van der Waals surface area contributed by atoms with Gasteiger partial charge in [-0.15, -0.1) is 0 Å². The summed E-state index contributed by atoms with van der Waals surface area (Å²) < 4.78 is 6.66. The Labute approximate surface area is 101 Å². The number of carbonyl (C=O) groups excluding carboxylic acids is 1. The second-order valence-electron chi connectivity index (χ2n) is 4.59. The minimum atomic E-state index is -0.211. The van der Waals surface area contributed by atoms with Crippen molar-refractivity contribution in [3.63, 3.8) is 0 Å². The fourth-order valence-corrected chi connectivity index (χ4v) is 1.80. The largest absolute Gasteiger partial charge is 0.468 e. The predicted octanol–water partition coefficient (Wildman–Crippen LogP) is 0.875. The number of rotatable bonds is 6. The molecule has 2 rings (SSSR count). The Balaban J connectivity index is 1.85. The third-order valence-corrected chi connectivity index (χ3v) is 2.91. The standard InChI is InChI=1S/C12H19N3O2/c1-9-7-13-15(8-9)6-5-11(12(16)17-2)14-10-3-4-10/h7-8,10-11,14H,3-6H2,1-2H3. The van der Waals surface area contributed by atoms with Crippen molar-refractivity contribution >= 4 is 5.97 Å². The van der Waals surface area contributed by atoms with Gasteiger partial charge in [-0.3, -0.25) is 9.48 Å². The second-order valence-corrected chi connectivity index (χ2v) is 4.59. The summed E-state index contributed by atoms with van der Waals surface area (Å²) >= 11 is 0. The van der Waals surface area contributed by atoms with Crippen molar-refractivity contribution in [2.24, 2.45) is 0 Å². The van der Waals surface area contributed by atoms with Crippen molar-refractivity contribution in [3.05, 3.63) is 18.0 Å². The molecule has 0 bridgehead atoms. The number of hydrogen-bond acceptors (Lipinski definition) is 4. The molecule has 1 heterocycles. The zero-order chi connectivity index (χ0) is 12.3. The molecule has 0 saturated heterocycles. The number of nitrogens with zero attached hydrogens (tertiary/aromatic N) is 2. The zero-order valence-corrected chi connectivity index (χ0v) is 10.3. The maximum Gasteiger partial charge on any atom is 0.322 e. The van der Waals surface area contributed by atoms with Crippen LogP contribution < -0.4 is 5.32 Å². The first-order valence-electron chi connectivity index (χ1n) is 6.02. The van der Waals surface area contributed by atoms with E-state index in [1.54, 1.807) is 0 Å². The van der Waals surface area contributed by atoms with Gasteiger partial charge in [0.15, 0.2) is 0 Å². The Morgan fingerprint density at radius 1 is 1.71 bits per heavy atom. The number of hydrogen-bond donors (Lipinski definition) is 1. The molecule has 1 N–H and O–H groups in total. The van der Waals surface area contributed by atoms with Crippen LogP contribution in [0.1, 0.15) is 24.8 Å². The van der Waals surface area contributed by atoms with Gasteiger partial charge in [0.05, 0.1) is 13.3 Å². The maximum atomic E-state index is 11.6. The molecule has 1 fully saturated rings. The highest BCUT2D eigenvalue weighted by atomic mass is 16.5. The van der Waals surface area contributed by atoms with Gasteiger partial charge in [-0.1, -0.05) is 0 Å². The molecule has 1 atom stereocenters. The summed E-state index contributed by atoms with van der Waals surface area (Å²) in [5.41, 5.74) is 1.13. The van der Waals surface area contributed by atoms with E-state index in [1.807, 2.05) is 24.0 Å². The highest BCUT2D eigenvalue weighted by molar-refractivity contribution is 5.75. The Bertz CT molecular complexity index is 385.